The first-order valence-corrected chi connectivity index (χ1v) is 9.37. The van der Waals surface area contributed by atoms with Gasteiger partial charge in [0.25, 0.3) is 0 Å². The molecule has 0 amide bonds. The Hall–Kier alpha value is -2.22. The van der Waals surface area contributed by atoms with E-state index in [4.69, 9.17) is 5.26 Å². The summed E-state index contributed by atoms with van der Waals surface area (Å²) in [6.45, 7) is 10.0. The molecular weight excluding hydrogens is 328 g/mol. The number of nitrogens with zero attached hydrogens (tertiary/aromatic N) is 1. The molecule has 2 aromatic carbocycles. The van der Waals surface area contributed by atoms with Gasteiger partial charge in [0.15, 0.2) is 0 Å². The monoisotopic (exact) mass is 352 g/mol. The van der Waals surface area contributed by atoms with Gasteiger partial charge in [-0.1, -0.05) is 49.0 Å². The minimum Gasteiger partial charge on any atom is -0.242 e. The van der Waals surface area contributed by atoms with Gasteiger partial charge in [0.2, 0.25) is 0 Å². The first-order valence-electron chi connectivity index (χ1n) is 8.22. The van der Waals surface area contributed by atoms with Crippen LogP contribution in [0.2, 0.25) is 0 Å². The fraction of sp³-hybridized carbons (Fsp3) is 0.286. The normalized spacial score (nSPS) is 13.7. The Morgan fingerprint density at radius 1 is 1.16 bits per heavy atom. The molecule has 0 aliphatic rings. The van der Waals surface area contributed by atoms with Crippen LogP contribution >= 0.6 is 0 Å². The summed E-state index contributed by atoms with van der Waals surface area (Å²) in [4.78, 5) is 0. The van der Waals surface area contributed by atoms with Gasteiger partial charge in [-0.2, -0.15) is 5.26 Å². The van der Waals surface area contributed by atoms with Crippen LogP contribution in [-0.4, -0.2) is 8.96 Å². The van der Waals surface area contributed by atoms with E-state index in [0.717, 1.165) is 16.7 Å². The number of rotatable bonds is 6. The molecule has 2 rings (SSSR count). The molecule has 130 valence electrons. The second kappa shape index (κ2) is 8.24. The van der Waals surface area contributed by atoms with Gasteiger partial charge >= 0.3 is 0 Å². The summed E-state index contributed by atoms with van der Waals surface area (Å²) in [5, 5.41) is 8.98. The molecule has 25 heavy (non-hydrogen) atoms. The lowest BCUT2D eigenvalue weighted by Crippen LogP contribution is -2.35. The zero-order chi connectivity index (χ0) is 18.4. The van der Waals surface area contributed by atoms with E-state index in [9.17, 15) is 4.21 Å². The third kappa shape index (κ3) is 5.38. The number of benzene rings is 2. The van der Waals surface area contributed by atoms with Gasteiger partial charge in [-0.15, -0.1) is 0 Å². The topological polar surface area (TPSA) is 52.9 Å². The molecule has 2 atom stereocenters. The maximum atomic E-state index is 12.6. The Balaban J connectivity index is 2.26. The van der Waals surface area contributed by atoms with E-state index in [1.165, 1.54) is 0 Å². The second-order valence-corrected chi connectivity index (χ2v) is 8.96. The standard InChI is InChI=1S/C21H24N2OS/c1-16(18-8-6-5-7-9-18)14-20(23-25(24)21(2,3)4)19-12-10-17(15-22)11-13-19/h5-13,20,23H,1,14H2,2-4H3/t20-,25+/m0/s1. The fourth-order valence-corrected chi connectivity index (χ4v) is 3.19. The van der Waals surface area contributed by atoms with Crippen molar-refractivity contribution in [3.63, 3.8) is 0 Å². The van der Waals surface area contributed by atoms with Crippen molar-refractivity contribution in [2.45, 2.75) is 38.0 Å². The third-order valence-electron chi connectivity index (χ3n) is 3.88. The Morgan fingerprint density at radius 3 is 2.28 bits per heavy atom. The molecule has 3 nitrogen and oxygen atoms in total. The molecule has 4 heteroatoms. The van der Waals surface area contributed by atoms with E-state index in [1.54, 1.807) is 12.1 Å². The number of hydrogen-bond donors (Lipinski definition) is 1. The SMILES string of the molecule is C=C(C[C@H](N[S@](=O)C(C)(C)C)c1ccc(C#N)cc1)c1ccccc1. The van der Waals surface area contributed by atoms with E-state index in [1.807, 2.05) is 63.2 Å². The average Bonchev–Trinajstić information content (AvgIpc) is 2.61. The average molecular weight is 353 g/mol. The van der Waals surface area contributed by atoms with Crippen LogP contribution in [0.5, 0.6) is 0 Å². The first kappa shape index (κ1) is 19.1. The Labute approximate surface area is 153 Å². The van der Waals surface area contributed by atoms with E-state index < -0.39 is 11.0 Å². The van der Waals surface area contributed by atoms with Crippen LogP contribution in [0, 0.1) is 11.3 Å². The maximum absolute atomic E-state index is 12.6. The highest BCUT2D eigenvalue weighted by Gasteiger charge is 2.24. The summed E-state index contributed by atoms with van der Waals surface area (Å²) < 4.78 is 15.5. The van der Waals surface area contributed by atoms with E-state index in [0.29, 0.717) is 12.0 Å². The molecule has 0 bridgehead atoms. The van der Waals surface area contributed by atoms with E-state index in [-0.39, 0.29) is 10.8 Å². The van der Waals surface area contributed by atoms with Crippen molar-refractivity contribution in [2.75, 3.05) is 0 Å². The Bertz CT molecular complexity index is 783. The molecule has 0 unspecified atom stereocenters. The van der Waals surface area contributed by atoms with Crippen LogP contribution in [0.15, 0.2) is 61.2 Å². The van der Waals surface area contributed by atoms with Crippen molar-refractivity contribution in [1.82, 2.24) is 4.72 Å². The first-order chi connectivity index (χ1) is 11.8. The van der Waals surface area contributed by atoms with Crippen molar-refractivity contribution in [1.29, 1.82) is 5.26 Å². The van der Waals surface area contributed by atoms with Crippen molar-refractivity contribution in [3.05, 3.63) is 77.9 Å². The lowest BCUT2D eigenvalue weighted by atomic mass is 9.95. The van der Waals surface area contributed by atoms with Crippen molar-refractivity contribution in [2.24, 2.45) is 0 Å². The predicted octanol–water partition coefficient (Wildman–Crippen LogP) is 4.75. The zero-order valence-corrected chi connectivity index (χ0v) is 15.8. The van der Waals surface area contributed by atoms with E-state index >= 15 is 0 Å². The van der Waals surface area contributed by atoms with Crippen molar-refractivity contribution in [3.8, 4) is 6.07 Å². The number of hydrogen-bond acceptors (Lipinski definition) is 2. The molecule has 0 aliphatic heterocycles. The Morgan fingerprint density at radius 2 is 1.76 bits per heavy atom. The molecule has 2 aromatic rings. The fourth-order valence-electron chi connectivity index (χ4n) is 2.36. The van der Waals surface area contributed by atoms with Crippen LogP contribution < -0.4 is 4.72 Å². The van der Waals surface area contributed by atoms with Crippen LogP contribution in [-0.2, 0) is 11.0 Å². The molecule has 0 spiro atoms. The summed E-state index contributed by atoms with van der Waals surface area (Å²) in [6.07, 6.45) is 0.637. The van der Waals surface area contributed by atoms with Crippen LogP contribution in [0.25, 0.3) is 5.57 Å². The number of nitriles is 1. The van der Waals surface area contributed by atoms with Gasteiger partial charge in [-0.05, 0) is 56.0 Å². The molecule has 0 fully saturated rings. The lowest BCUT2D eigenvalue weighted by molar-refractivity contribution is 0.604. The van der Waals surface area contributed by atoms with Crippen LogP contribution in [0.1, 0.15) is 49.9 Å². The largest absolute Gasteiger partial charge is 0.242 e. The maximum Gasteiger partial charge on any atom is 0.0991 e. The molecular formula is C21H24N2OS. The quantitative estimate of drug-likeness (QED) is 0.815. The molecule has 1 N–H and O–H groups in total. The van der Waals surface area contributed by atoms with Crippen LogP contribution in [0.3, 0.4) is 0 Å². The minimum absolute atomic E-state index is 0.138. The molecule has 0 heterocycles. The van der Waals surface area contributed by atoms with Gasteiger partial charge in [-0.3, -0.25) is 0 Å². The molecule has 0 aliphatic carbocycles. The van der Waals surface area contributed by atoms with Gasteiger partial charge in [0.05, 0.1) is 27.4 Å². The predicted molar refractivity (Wildman–Crippen MR) is 105 cm³/mol. The van der Waals surface area contributed by atoms with Gasteiger partial charge in [0, 0.05) is 6.04 Å². The molecule has 0 aromatic heterocycles. The summed E-state index contributed by atoms with van der Waals surface area (Å²) in [5.74, 6) is 0. The van der Waals surface area contributed by atoms with Crippen LogP contribution in [0.4, 0.5) is 0 Å². The highest BCUT2D eigenvalue weighted by Crippen LogP contribution is 2.28. The second-order valence-electron chi connectivity index (χ2n) is 6.96. The summed E-state index contributed by atoms with van der Waals surface area (Å²) in [7, 11) is -1.20. The summed E-state index contributed by atoms with van der Waals surface area (Å²) in [6, 6.07) is 19.4. The molecule has 0 saturated carbocycles. The third-order valence-corrected chi connectivity index (χ3v) is 5.49. The van der Waals surface area contributed by atoms with Gasteiger partial charge in [0.1, 0.15) is 0 Å². The highest BCUT2D eigenvalue weighted by molar-refractivity contribution is 7.84. The molecule has 0 radical (unpaired) electrons. The number of nitrogens with one attached hydrogen (secondary N) is 1. The van der Waals surface area contributed by atoms with Crippen molar-refractivity contribution >= 4 is 16.6 Å². The van der Waals surface area contributed by atoms with Gasteiger partial charge in [-0.25, -0.2) is 8.93 Å². The smallest absolute Gasteiger partial charge is 0.0991 e. The van der Waals surface area contributed by atoms with E-state index in [2.05, 4.69) is 17.4 Å². The summed E-state index contributed by atoms with van der Waals surface area (Å²) >= 11 is 0. The van der Waals surface area contributed by atoms with Crippen molar-refractivity contribution < 1.29 is 4.21 Å². The zero-order valence-electron chi connectivity index (χ0n) is 15.0. The summed E-state index contributed by atoms with van der Waals surface area (Å²) in [5.41, 5.74) is 3.66. The molecule has 0 saturated heterocycles. The minimum atomic E-state index is -1.20. The van der Waals surface area contributed by atoms with Gasteiger partial charge < -0.3 is 0 Å². The lowest BCUT2D eigenvalue weighted by Gasteiger charge is -2.25. The highest BCUT2D eigenvalue weighted by atomic mass is 32.2. The Kier molecular flexibility index (Phi) is 6.30.